The van der Waals surface area contributed by atoms with E-state index in [0.29, 0.717) is 36.3 Å². The molecule has 0 saturated heterocycles. The number of ether oxygens (including phenoxy) is 2. The largest absolute Gasteiger partial charge is 0.490 e. The van der Waals surface area contributed by atoms with Crippen LogP contribution in [0.3, 0.4) is 0 Å². The number of nitrogens with one attached hydrogen (secondary N) is 1. The number of benzene rings is 2. The summed E-state index contributed by atoms with van der Waals surface area (Å²) < 4.78 is 25.0. The molecule has 1 aliphatic heterocycles. The Balaban J connectivity index is 1.58. The lowest BCUT2D eigenvalue weighted by atomic mass is 10.1. The minimum Gasteiger partial charge on any atom is -0.490 e. The van der Waals surface area contributed by atoms with Crippen LogP contribution in [0.2, 0.25) is 0 Å². The third kappa shape index (κ3) is 4.12. The van der Waals surface area contributed by atoms with Crippen LogP contribution in [-0.4, -0.2) is 42.2 Å². The Hall–Kier alpha value is -2.86. The summed E-state index contributed by atoms with van der Waals surface area (Å²) in [5.74, 6) is 0.433. The van der Waals surface area contributed by atoms with Gasteiger partial charge >= 0.3 is 0 Å². The minimum absolute atomic E-state index is 0.151. The van der Waals surface area contributed by atoms with E-state index in [1.807, 2.05) is 12.1 Å². The Bertz CT molecular complexity index is 1030. The molecule has 0 aliphatic carbocycles. The maximum Gasteiger partial charge on any atom is 0.270 e. The number of fused-ring (bicyclic) bond motifs is 2. The normalized spacial score (nSPS) is 15.3. The van der Waals surface area contributed by atoms with Crippen molar-refractivity contribution in [3.8, 4) is 5.75 Å². The number of carbonyl (C=O) groups is 1. The highest BCUT2D eigenvalue weighted by molar-refractivity contribution is 5.98. The van der Waals surface area contributed by atoms with Gasteiger partial charge in [-0.15, -0.1) is 0 Å². The highest BCUT2D eigenvalue weighted by atomic mass is 19.1. The number of rotatable bonds is 7. The summed E-state index contributed by atoms with van der Waals surface area (Å²) in [5, 5.41) is 0.427. The van der Waals surface area contributed by atoms with Crippen molar-refractivity contribution in [2.45, 2.75) is 32.4 Å². The number of H-pyrrole nitrogens is 1. The summed E-state index contributed by atoms with van der Waals surface area (Å²) in [6, 6.07) is 12.5. The fourth-order valence-electron chi connectivity index (χ4n) is 3.85. The van der Waals surface area contributed by atoms with Gasteiger partial charge in [0.05, 0.1) is 0 Å². The van der Waals surface area contributed by atoms with Crippen LogP contribution in [0.4, 0.5) is 4.39 Å². The first-order valence-corrected chi connectivity index (χ1v) is 9.89. The summed E-state index contributed by atoms with van der Waals surface area (Å²) in [5.41, 5.74) is 3.23. The van der Waals surface area contributed by atoms with E-state index >= 15 is 0 Å². The molecule has 1 atom stereocenters. The van der Waals surface area contributed by atoms with Crippen LogP contribution in [0.5, 0.6) is 5.75 Å². The Morgan fingerprint density at radius 3 is 2.97 bits per heavy atom. The highest BCUT2D eigenvalue weighted by Crippen LogP contribution is 2.30. The second-order valence-electron chi connectivity index (χ2n) is 7.53. The van der Waals surface area contributed by atoms with Gasteiger partial charge in [-0.3, -0.25) is 4.79 Å². The number of halogens is 1. The van der Waals surface area contributed by atoms with Crippen LogP contribution in [-0.2, 0) is 17.7 Å². The lowest BCUT2D eigenvalue weighted by Gasteiger charge is -2.22. The monoisotopic (exact) mass is 396 g/mol. The molecule has 0 fully saturated rings. The molecule has 1 aliphatic rings. The molecule has 1 N–H and O–H groups in total. The SMILES string of the molecule is COCCCN(Cc1ccc2c(c1)C[C@@H](C)O2)C(=O)c1cc2c(F)cccc2[nH]1. The van der Waals surface area contributed by atoms with E-state index in [1.165, 1.54) is 11.6 Å². The molecule has 0 radical (unpaired) electrons. The average Bonchev–Trinajstić information content (AvgIpc) is 3.30. The van der Waals surface area contributed by atoms with E-state index in [0.717, 1.165) is 24.2 Å². The van der Waals surface area contributed by atoms with E-state index in [1.54, 1.807) is 30.2 Å². The second-order valence-corrected chi connectivity index (χ2v) is 7.53. The number of carbonyl (C=O) groups excluding carboxylic acids is 1. The predicted molar refractivity (Wildman–Crippen MR) is 110 cm³/mol. The molecule has 29 heavy (non-hydrogen) atoms. The summed E-state index contributed by atoms with van der Waals surface area (Å²) in [7, 11) is 1.65. The summed E-state index contributed by atoms with van der Waals surface area (Å²) in [4.78, 5) is 18.1. The summed E-state index contributed by atoms with van der Waals surface area (Å²) in [6.07, 6.45) is 1.78. The van der Waals surface area contributed by atoms with E-state index in [2.05, 4.69) is 18.0 Å². The molecule has 2 aromatic carbocycles. The quantitative estimate of drug-likeness (QED) is 0.606. The molecule has 4 rings (SSSR count). The standard InChI is InChI=1S/C23H25FN2O3/c1-15-11-17-12-16(7-8-22(17)29-15)14-26(9-4-10-28-2)23(27)21-13-18-19(24)5-3-6-20(18)25-21/h3,5-8,12-13,15,25H,4,9-11,14H2,1-2H3/t15-/m1/s1. The second kappa shape index (κ2) is 8.25. The van der Waals surface area contributed by atoms with Gasteiger partial charge in [-0.2, -0.15) is 0 Å². The number of hydrogen-bond acceptors (Lipinski definition) is 3. The Labute approximate surface area is 169 Å². The van der Waals surface area contributed by atoms with Crippen LogP contribution >= 0.6 is 0 Å². The van der Waals surface area contributed by atoms with Crippen molar-refractivity contribution in [3.63, 3.8) is 0 Å². The molecule has 6 heteroatoms. The van der Waals surface area contributed by atoms with Gasteiger partial charge in [0.1, 0.15) is 23.4 Å². The van der Waals surface area contributed by atoms with Gasteiger partial charge in [-0.25, -0.2) is 4.39 Å². The number of hydrogen-bond donors (Lipinski definition) is 1. The maximum absolute atomic E-state index is 14.0. The Morgan fingerprint density at radius 2 is 2.17 bits per heavy atom. The van der Waals surface area contributed by atoms with Crippen LogP contribution in [0, 0.1) is 5.82 Å². The zero-order valence-electron chi connectivity index (χ0n) is 16.7. The lowest BCUT2D eigenvalue weighted by Crippen LogP contribution is -2.32. The van der Waals surface area contributed by atoms with Crippen molar-refractivity contribution in [1.29, 1.82) is 0 Å². The van der Waals surface area contributed by atoms with Crippen molar-refractivity contribution in [3.05, 3.63) is 65.1 Å². The molecule has 1 amide bonds. The molecule has 152 valence electrons. The van der Waals surface area contributed by atoms with Gasteiger partial charge in [0.15, 0.2) is 0 Å². The van der Waals surface area contributed by atoms with Gasteiger partial charge in [0, 0.05) is 44.1 Å². The van der Waals surface area contributed by atoms with Crippen LogP contribution < -0.4 is 4.74 Å². The third-order valence-electron chi connectivity index (χ3n) is 5.24. The molecule has 0 spiro atoms. The van der Waals surface area contributed by atoms with Crippen molar-refractivity contribution < 1.29 is 18.7 Å². The topological polar surface area (TPSA) is 54.6 Å². The van der Waals surface area contributed by atoms with Gasteiger partial charge < -0.3 is 19.4 Å². The van der Waals surface area contributed by atoms with E-state index in [9.17, 15) is 9.18 Å². The van der Waals surface area contributed by atoms with Crippen molar-refractivity contribution >= 4 is 16.8 Å². The Morgan fingerprint density at radius 1 is 1.31 bits per heavy atom. The molecular weight excluding hydrogens is 371 g/mol. The van der Waals surface area contributed by atoms with Crippen molar-refractivity contribution in [2.75, 3.05) is 20.3 Å². The smallest absolute Gasteiger partial charge is 0.270 e. The van der Waals surface area contributed by atoms with Crippen molar-refractivity contribution in [2.24, 2.45) is 0 Å². The Kier molecular flexibility index (Phi) is 5.53. The highest BCUT2D eigenvalue weighted by Gasteiger charge is 2.22. The zero-order chi connectivity index (χ0) is 20.4. The maximum atomic E-state index is 14.0. The predicted octanol–water partition coefficient (Wildman–Crippen LogP) is 4.31. The molecule has 3 aromatic rings. The lowest BCUT2D eigenvalue weighted by molar-refractivity contribution is 0.0718. The number of aromatic amines is 1. The molecule has 0 bridgehead atoms. The molecule has 1 aromatic heterocycles. The average molecular weight is 396 g/mol. The van der Waals surface area contributed by atoms with E-state index in [4.69, 9.17) is 9.47 Å². The fourth-order valence-corrected chi connectivity index (χ4v) is 3.85. The van der Waals surface area contributed by atoms with Gasteiger partial charge in [0.25, 0.3) is 5.91 Å². The summed E-state index contributed by atoms with van der Waals surface area (Å²) in [6.45, 7) is 3.65. The third-order valence-corrected chi connectivity index (χ3v) is 5.24. The van der Waals surface area contributed by atoms with Crippen LogP contribution in [0.1, 0.15) is 35.0 Å². The van der Waals surface area contributed by atoms with Crippen LogP contribution in [0.15, 0.2) is 42.5 Å². The van der Waals surface area contributed by atoms with E-state index in [-0.39, 0.29) is 17.8 Å². The van der Waals surface area contributed by atoms with Gasteiger partial charge in [0.2, 0.25) is 0 Å². The van der Waals surface area contributed by atoms with E-state index < -0.39 is 0 Å². The van der Waals surface area contributed by atoms with Gasteiger partial charge in [-0.1, -0.05) is 18.2 Å². The summed E-state index contributed by atoms with van der Waals surface area (Å²) >= 11 is 0. The first kappa shape index (κ1) is 19.5. The molecule has 5 nitrogen and oxygen atoms in total. The number of amides is 1. The molecule has 0 unspecified atom stereocenters. The first-order valence-electron chi connectivity index (χ1n) is 9.89. The van der Waals surface area contributed by atoms with Crippen LogP contribution in [0.25, 0.3) is 10.9 Å². The van der Waals surface area contributed by atoms with Gasteiger partial charge in [-0.05, 0) is 48.7 Å². The number of methoxy groups -OCH3 is 1. The fraction of sp³-hybridized carbons (Fsp3) is 0.348. The molecule has 2 heterocycles. The number of aromatic nitrogens is 1. The zero-order valence-corrected chi connectivity index (χ0v) is 16.7. The van der Waals surface area contributed by atoms with Crippen molar-refractivity contribution in [1.82, 2.24) is 9.88 Å². The molecular formula is C23H25FN2O3. The first-order chi connectivity index (χ1) is 14.0. The number of nitrogens with zero attached hydrogens (tertiary/aromatic N) is 1. The minimum atomic E-state index is -0.337. The molecule has 0 saturated carbocycles.